The van der Waals surface area contributed by atoms with Crippen molar-refractivity contribution in [2.75, 3.05) is 11.9 Å². The Morgan fingerprint density at radius 2 is 1.89 bits per heavy atom. The number of hydrogen-bond donors (Lipinski definition) is 1. The quantitative estimate of drug-likeness (QED) is 0.583. The first-order valence-electron chi connectivity index (χ1n) is 8.66. The molecule has 2 aromatic carbocycles. The topological polar surface area (TPSA) is 74.1 Å². The second-order valence-corrected chi connectivity index (χ2v) is 6.95. The highest BCUT2D eigenvalue weighted by molar-refractivity contribution is 9.10. The van der Waals surface area contributed by atoms with Crippen molar-refractivity contribution in [2.24, 2.45) is 7.05 Å². The van der Waals surface area contributed by atoms with E-state index in [1.807, 2.05) is 19.1 Å². The Kier molecular flexibility index (Phi) is 6.28. The molecule has 0 spiro atoms. The van der Waals surface area contributed by atoms with Gasteiger partial charge >= 0.3 is 0 Å². The van der Waals surface area contributed by atoms with E-state index in [4.69, 9.17) is 9.47 Å². The lowest BCUT2D eigenvalue weighted by molar-refractivity contribution is 0.267. The number of nitrogens with one attached hydrogen (secondary N) is 1. The molecular weight excluding hydrogens is 410 g/mol. The molecule has 0 atom stereocenters. The van der Waals surface area contributed by atoms with Gasteiger partial charge in [-0.3, -0.25) is 0 Å². The Morgan fingerprint density at radius 3 is 2.56 bits per heavy atom. The van der Waals surface area contributed by atoms with Crippen LogP contribution in [-0.4, -0.2) is 26.8 Å². The number of anilines is 1. The second kappa shape index (κ2) is 8.85. The predicted molar refractivity (Wildman–Crippen MR) is 107 cm³/mol. The number of halogens is 1. The minimum absolute atomic E-state index is 0.473. The maximum absolute atomic E-state index is 6.04. The normalized spacial score (nSPS) is 10.7. The summed E-state index contributed by atoms with van der Waals surface area (Å²) in [6.07, 6.45) is 0. The number of aromatic nitrogens is 4. The van der Waals surface area contributed by atoms with Gasteiger partial charge in [-0.15, -0.1) is 0 Å². The standard InChI is InChI=1S/C19H22BrN5O2/c1-4-26-17-10-15(11-21-19-22-23-24-25(19)3)9-16(20)18(17)27-12-14-7-5-13(2)6-8-14/h5-10H,4,11-12H2,1-3H3,(H,21,22,24). The molecule has 8 heteroatoms. The van der Waals surface area contributed by atoms with Crippen LogP contribution < -0.4 is 14.8 Å². The summed E-state index contributed by atoms with van der Waals surface area (Å²) in [4.78, 5) is 0. The highest BCUT2D eigenvalue weighted by atomic mass is 79.9. The largest absolute Gasteiger partial charge is 0.490 e. The Bertz CT molecular complexity index is 896. The van der Waals surface area contributed by atoms with E-state index in [0.717, 1.165) is 15.6 Å². The SMILES string of the molecule is CCOc1cc(CNc2nnnn2C)cc(Br)c1OCc1ccc(C)cc1. The van der Waals surface area contributed by atoms with Crippen LogP contribution in [0.15, 0.2) is 40.9 Å². The molecule has 0 bridgehead atoms. The first-order chi connectivity index (χ1) is 13.1. The maximum atomic E-state index is 6.04. The van der Waals surface area contributed by atoms with Gasteiger partial charge in [0.1, 0.15) is 6.61 Å². The minimum Gasteiger partial charge on any atom is -0.490 e. The summed E-state index contributed by atoms with van der Waals surface area (Å²) in [6, 6.07) is 12.3. The monoisotopic (exact) mass is 431 g/mol. The average molecular weight is 432 g/mol. The van der Waals surface area contributed by atoms with Crippen molar-refractivity contribution in [3.05, 3.63) is 57.6 Å². The molecule has 3 aromatic rings. The van der Waals surface area contributed by atoms with Gasteiger partial charge in [-0.2, -0.15) is 0 Å². The zero-order chi connectivity index (χ0) is 19.2. The van der Waals surface area contributed by atoms with Crippen molar-refractivity contribution < 1.29 is 9.47 Å². The van der Waals surface area contributed by atoms with Crippen molar-refractivity contribution in [1.82, 2.24) is 20.2 Å². The van der Waals surface area contributed by atoms with Gasteiger partial charge < -0.3 is 14.8 Å². The van der Waals surface area contributed by atoms with Gasteiger partial charge in [-0.25, -0.2) is 4.68 Å². The van der Waals surface area contributed by atoms with Crippen molar-refractivity contribution in [1.29, 1.82) is 0 Å². The molecule has 0 radical (unpaired) electrons. The van der Waals surface area contributed by atoms with Gasteiger partial charge in [-0.05, 0) is 63.5 Å². The smallest absolute Gasteiger partial charge is 0.242 e. The average Bonchev–Trinajstić information content (AvgIpc) is 3.06. The first-order valence-corrected chi connectivity index (χ1v) is 9.46. The molecule has 0 aliphatic rings. The second-order valence-electron chi connectivity index (χ2n) is 6.09. The number of aryl methyl sites for hydroxylation is 2. The molecule has 27 heavy (non-hydrogen) atoms. The van der Waals surface area contributed by atoms with Crippen LogP contribution in [0.4, 0.5) is 5.95 Å². The van der Waals surface area contributed by atoms with Gasteiger partial charge in [0, 0.05) is 13.6 Å². The van der Waals surface area contributed by atoms with Crippen molar-refractivity contribution in [3.63, 3.8) is 0 Å². The molecule has 0 aliphatic heterocycles. The molecule has 3 rings (SSSR count). The first kappa shape index (κ1) is 19.2. The number of ether oxygens (including phenoxy) is 2. The number of hydrogen-bond acceptors (Lipinski definition) is 6. The van der Waals surface area contributed by atoms with E-state index < -0.39 is 0 Å². The van der Waals surface area contributed by atoms with Gasteiger partial charge in [0.2, 0.25) is 5.95 Å². The predicted octanol–water partition coefficient (Wildman–Crippen LogP) is 3.87. The minimum atomic E-state index is 0.473. The summed E-state index contributed by atoms with van der Waals surface area (Å²) < 4.78 is 14.3. The van der Waals surface area contributed by atoms with E-state index in [1.54, 1.807) is 11.7 Å². The van der Waals surface area contributed by atoms with Crippen LogP contribution in [-0.2, 0) is 20.2 Å². The Labute approximate surface area is 166 Å². The van der Waals surface area contributed by atoms with Gasteiger partial charge in [0.15, 0.2) is 11.5 Å². The van der Waals surface area contributed by atoms with E-state index in [-0.39, 0.29) is 0 Å². The zero-order valence-corrected chi connectivity index (χ0v) is 17.2. The summed E-state index contributed by atoms with van der Waals surface area (Å²) in [5.74, 6) is 2.00. The fourth-order valence-electron chi connectivity index (χ4n) is 2.53. The third kappa shape index (κ3) is 4.97. The van der Waals surface area contributed by atoms with Crippen LogP contribution in [0.5, 0.6) is 11.5 Å². The molecule has 7 nitrogen and oxygen atoms in total. The number of nitrogens with zero attached hydrogens (tertiary/aromatic N) is 4. The lowest BCUT2D eigenvalue weighted by atomic mass is 10.1. The van der Waals surface area contributed by atoms with Crippen LogP contribution in [0.1, 0.15) is 23.6 Å². The molecular formula is C19H22BrN5O2. The Morgan fingerprint density at radius 1 is 1.11 bits per heavy atom. The molecule has 0 unspecified atom stereocenters. The zero-order valence-electron chi connectivity index (χ0n) is 15.6. The van der Waals surface area contributed by atoms with Gasteiger partial charge in [0.05, 0.1) is 11.1 Å². The molecule has 0 saturated heterocycles. The number of benzene rings is 2. The number of tetrazole rings is 1. The van der Waals surface area contributed by atoms with E-state index in [2.05, 4.69) is 68.0 Å². The lowest BCUT2D eigenvalue weighted by Gasteiger charge is -2.16. The van der Waals surface area contributed by atoms with Crippen LogP contribution in [0.25, 0.3) is 0 Å². The van der Waals surface area contributed by atoms with Crippen LogP contribution in [0.3, 0.4) is 0 Å². The van der Waals surface area contributed by atoms with Crippen LogP contribution >= 0.6 is 15.9 Å². The molecule has 0 saturated carbocycles. The maximum Gasteiger partial charge on any atom is 0.242 e. The van der Waals surface area contributed by atoms with Crippen molar-refractivity contribution >= 4 is 21.9 Å². The highest BCUT2D eigenvalue weighted by Crippen LogP contribution is 2.37. The molecule has 1 N–H and O–H groups in total. The van der Waals surface area contributed by atoms with E-state index in [1.165, 1.54) is 5.56 Å². The lowest BCUT2D eigenvalue weighted by Crippen LogP contribution is -2.07. The summed E-state index contributed by atoms with van der Waals surface area (Å²) in [7, 11) is 1.78. The Hall–Kier alpha value is -2.61. The van der Waals surface area contributed by atoms with Gasteiger partial charge in [-0.1, -0.05) is 34.9 Å². The van der Waals surface area contributed by atoms with Crippen molar-refractivity contribution in [2.45, 2.75) is 27.0 Å². The fourth-order valence-corrected chi connectivity index (χ4v) is 3.13. The molecule has 142 valence electrons. The van der Waals surface area contributed by atoms with Crippen LogP contribution in [0.2, 0.25) is 0 Å². The molecule has 0 fully saturated rings. The van der Waals surface area contributed by atoms with Crippen molar-refractivity contribution in [3.8, 4) is 11.5 Å². The Balaban J connectivity index is 1.74. The molecule has 1 aromatic heterocycles. The third-order valence-electron chi connectivity index (χ3n) is 3.94. The number of rotatable bonds is 8. The molecule has 0 aliphatic carbocycles. The summed E-state index contributed by atoms with van der Waals surface area (Å²) in [5.41, 5.74) is 3.36. The summed E-state index contributed by atoms with van der Waals surface area (Å²) in [6.45, 7) is 5.61. The molecule has 1 heterocycles. The van der Waals surface area contributed by atoms with Gasteiger partial charge in [0.25, 0.3) is 0 Å². The highest BCUT2D eigenvalue weighted by Gasteiger charge is 2.13. The molecule has 0 amide bonds. The van der Waals surface area contributed by atoms with E-state index in [0.29, 0.717) is 37.2 Å². The summed E-state index contributed by atoms with van der Waals surface area (Å²) >= 11 is 3.61. The summed E-state index contributed by atoms with van der Waals surface area (Å²) in [5, 5.41) is 14.5. The third-order valence-corrected chi connectivity index (χ3v) is 4.53. The van der Waals surface area contributed by atoms with Crippen LogP contribution in [0, 0.1) is 6.92 Å². The van der Waals surface area contributed by atoms with E-state index >= 15 is 0 Å². The van der Waals surface area contributed by atoms with E-state index in [9.17, 15) is 0 Å². The fraction of sp³-hybridized carbons (Fsp3) is 0.316.